The maximum atomic E-state index is 14.2. The standard InChI is InChI=1S/C22H19ClFN5.Na.H/c1-22(2,3)20-14(11-25)19(29(4)28-20)21-26-17-10-12(9-15(23)18(17)27-21)13-7-5-6-8-16(13)24;;/h5-10H,1-4H3,(H,26,27);;/q;+1;-1. The molecule has 4 rings (SSSR count). The first-order chi connectivity index (χ1) is 13.7. The van der Waals surface area contributed by atoms with Crippen molar-refractivity contribution in [1.82, 2.24) is 19.7 Å². The number of imidazole rings is 1. The van der Waals surface area contributed by atoms with Gasteiger partial charge in [-0.3, -0.25) is 4.68 Å². The topological polar surface area (TPSA) is 70.3 Å². The summed E-state index contributed by atoms with van der Waals surface area (Å²) in [5.74, 6) is 0.172. The van der Waals surface area contributed by atoms with Crippen molar-refractivity contribution >= 4 is 22.6 Å². The van der Waals surface area contributed by atoms with Gasteiger partial charge in [-0.1, -0.05) is 50.6 Å². The van der Waals surface area contributed by atoms with Crippen LogP contribution in [0.3, 0.4) is 0 Å². The molecule has 0 fully saturated rings. The Morgan fingerprint density at radius 2 is 1.93 bits per heavy atom. The Labute approximate surface area is 202 Å². The second-order valence-corrected chi connectivity index (χ2v) is 8.38. The van der Waals surface area contributed by atoms with Crippen molar-refractivity contribution < 1.29 is 35.4 Å². The number of aryl methyl sites for hydroxylation is 1. The van der Waals surface area contributed by atoms with Crippen LogP contribution < -0.4 is 29.6 Å². The summed E-state index contributed by atoms with van der Waals surface area (Å²) in [6.07, 6.45) is 0. The number of hydrogen-bond donors (Lipinski definition) is 1. The molecule has 30 heavy (non-hydrogen) atoms. The Morgan fingerprint density at radius 1 is 1.23 bits per heavy atom. The molecule has 148 valence electrons. The predicted molar refractivity (Wildman–Crippen MR) is 113 cm³/mol. The van der Waals surface area contributed by atoms with Gasteiger partial charge >= 0.3 is 29.6 Å². The number of aromatic nitrogens is 4. The van der Waals surface area contributed by atoms with E-state index in [-0.39, 0.29) is 42.2 Å². The molecule has 8 heteroatoms. The maximum absolute atomic E-state index is 14.2. The number of nitriles is 1. The van der Waals surface area contributed by atoms with Gasteiger partial charge in [0.25, 0.3) is 0 Å². The Hall–Kier alpha value is -2.17. The van der Waals surface area contributed by atoms with Crippen LogP contribution in [0, 0.1) is 17.1 Å². The van der Waals surface area contributed by atoms with Crippen LogP contribution in [0.15, 0.2) is 36.4 Å². The van der Waals surface area contributed by atoms with Gasteiger partial charge in [-0.2, -0.15) is 10.4 Å². The van der Waals surface area contributed by atoms with Crippen LogP contribution in [0.4, 0.5) is 4.39 Å². The van der Waals surface area contributed by atoms with Crippen LogP contribution in [0.1, 0.15) is 33.5 Å². The minimum absolute atomic E-state index is 0. The van der Waals surface area contributed by atoms with Crippen molar-refractivity contribution in [1.29, 1.82) is 5.26 Å². The Bertz CT molecular complexity index is 1300. The average Bonchev–Trinajstić information content (AvgIpc) is 3.22. The molecule has 0 saturated carbocycles. The number of nitrogens with zero attached hydrogens (tertiary/aromatic N) is 4. The number of H-pyrrole nitrogens is 1. The van der Waals surface area contributed by atoms with Crippen LogP contribution in [0.5, 0.6) is 0 Å². The van der Waals surface area contributed by atoms with Crippen molar-refractivity contribution in [3.63, 3.8) is 0 Å². The molecule has 2 heterocycles. The summed E-state index contributed by atoms with van der Waals surface area (Å²) in [6.45, 7) is 6.03. The van der Waals surface area contributed by atoms with E-state index in [4.69, 9.17) is 11.6 Å². The molecule has 0 aliphatic carbocycles. The molecule has 0 aliphatic rings. The third kappa shape index (κ3) is 3.79. The second kappa shape index (κ2) is 8.16. The van der Waals surface area contributed by atoms with Gasteiger partial charge in [0.1, 0.15) is 28.7 Å². The van der Waals surface area contributed by atoms with Gasteiger partial charge in [-0.05, 0) is 23.8 Å². The number of halogens is 2. The zero-order valence-corrected chi connectivity index (χ0v) is 20.3. The molecule has 0 aliphatic heterocycles. The Balaban J connectivity index is 0.00000171. The van der Waals surface area contributed by atoms with Crippen molar-refractivity contribution in [2.45, 2.75) is 26.2 Å². The van der Waals surface area contributed by atoms with E-state index in [1.165, 1.54) is 6.07 Å². The molecule has 0 amide bonds. The Morgan fingerprint density at radius 3 is 2.57 bits per heavy atom. The van der Waals surface area contributed by atoms with E-state index in [2.05, 4.69) is 21.1 Å². The summed E-state index contributed by atoms with van der Waals surface area (Å²) in [4.78, 5) is 7.84. The van der Waals surface area contributed by atoms with Crippen LogP contribution in [0.2, 0.25) is 5.02 Å². The van der Waals surface area contributed by atoms with Gasteiger partial charge in [0.05, 0.1) is 16.2 Å². The van der Waals surface area contributed by atoms with E-state index in [0.29, 0.717) is 50.0 Å². The molecule has 0 spiro atoms. The zero-order valence-electron chi connectivity index (χ0n) is 18.5. The van der Waals surface area contributed by atoms with Crippen molar-refractivity contribution in [2.75, 3.05) is 0 Å². The number of rotatable bonds is 2. The molecular weight excluding hydrogens is 412 g/mol. The van der Waals surface area contributed by atoms with Gasteiger partial charge < -0.3 is 6.41 Å². The van der Waals surface area contributed by atoms with E-state index in [0.717, 1.165) is 0 Å². The predicted octanol–water partition coefficient (Wildman–Crippen LogP) is 2.71. The van der Waals surface area contributed by atoms with Gasteiger partial charge in [0.2, 0.25) is 0 Å². The van der Waals surface area contributed by atoms with Crippen LogP contribution in [0.25, 0.3) is 33.7 Å². The molecule has 0 saturated heterocycles. The SMILES string of the molecule is Cn1nc(C(C)(C)C)c(C#N)c1-c1nc2c(Cl)cc(-c3ccccc3F)cc2[nH]1.[H-].[Na+]. The van der Waals surface area contributed by atoms with Gasteiger partial charge in [-0.15, -0.1) is 0 Å². The van der Waals surface area contributed by atoms with E-state index in [1.54, 1.807) is 36.0 Å². The molecule has 0 atom stereocenters. The van der Waals surface area contributed by atoms with E-state index in [9.17, 15) is 9.65 Å². The van der Waals surface area contributed by atoms with Crippen molar-refractivity contribution in [2.24, 2.45) is 7.05 Å². The fourth-order valence-electron chi connectivity index (χ4n) is 3.46. The van der Waals surface area contributed by atoms with Crippen LogP contribution >= 0.6 is 11.6 Å². The molecule has 0 bridgehead atoms. The average molecular weight is 432 g/mol. The fourth-order valence-corrected chi connectivity index (χ4v) is 3.73. The number of aromatic amines is 1. The van der Waals surface area contributed by atoms with Crippen LogP contribution in [-0.4, -0.2) is 19.7 Å². The van der Waals surface area contributed by atoms with E-state index in [1.807, 2.05) is 26.8 Å². The summed E-state index contributed by atoms with van der Waals surface area (Å²) in [5, 5.41) is 14.7. The maximum Gasteiger partial charge on any atom is 1.00 e. The minimum atomic E-state index is -0.323. The number of fused-ring (bicyclic) bond motifs is 1. The molecule has 2 aromatic heterocycles. The molecule has 1 N–H and O–H groups in total. The smallest absolute Gasteiger partial charge is 1.00 e. The van der Waals surface area contributed by atoms with E-state index >= 15 is 0 Å². The summed E-state index contributed by atoms with van der Waals surface area (Å²) in [6, 6.07) is 12.3. The quantitative estimate of drug-likeness (QED) is 0.496. The molecule has 4 aromatic rings. The zero-order chi connectivity index (χ0) is 20.9. The van der Waals surface area contributed by atoms with Gasteiger partial charge in [-0.25, -0.2) is 9.37 Å². The summed E-state index contributed by atoms with van der Waals surface area (Å²) < 4.78 is 15.9. The van der Waals surface area contributed by atoms with Crippen molar-refractivity contribution in [3.8, 4) is 28.7 Å². The summed E-state index contributed by atoms with van der Waals surface area (Å²) in [7, 11) is 1.78. The summed E-state index contributed by atoms with van der Waals surface area (Å²) in [5.41, 5.74) is 3.82. The normalized spacial score (nSPS) is 11.4. The first-order valence-corrected chi connectivity index (χ1v) is 9.50. The first-order valence-electron chi connectivity index (χ1n) is 9.13. The van der Waals surface area contributed by atoms with Crippen molar-refractivity contribution in [3.05, 3.63) is 58.5 Å². The summed E-state index contributed by atoms with van der Waals surface area (Å²) >= 11 is 6.46. The van der Waals surface area contributed by atoms with Gasteiger partial charge in [0.15, 0.2) is 5.82 Å². The van der Waals surface area contributed by atoms with Crippen LogP contribution in [-0.2, 0) is 12.5 Å². The molecular formula is C22H20ClFN5Na. The molecule has 2 aromatic carbocycles. The number of hydrogen-bond acceptors (Lipinski definition) is 3. The molecule has 0 unspecified atom stereocenters. The number of nitrogens with one attached hydrogen (secondary N) is 1. The second-order valence-electron chi connectivity index (χ2n) is 7.98. The third-order valence-electron chi connectivity index (χ3n) is 4.82. The monoisotopic (exact) mass is 431 g/mol. The number of benzene rings is 2. The largest absolute Gasteiger partial charge is 1.00 e. The van der Waals surface area contributed by atoms with Gasteiger partial charge in [0, 0.05) is 18.0 Å². The molecule has 5 nitrogen and oxygen atoms in total. The van der Waals surface area contributed by atoms with E-state index < -0.39 is 0 Å². The third-order valence-corrected chi connectivity index (χ3v) is 5.11. The fraction of sp³-hybridized carbons (Fsp3) is 0.227. The molecule has 0 radical (unpaired) electrons. The Kier molecular flexibility index (Phi) is 6.13. The first kappa shape index (κ1) is 22.5. The minimum Gasteiger partial charge on any atom is -1.00 e.